The third-order valence-electron chi connectivity index (χ3n) is 4.64. The number of anilines is 1. The number of nitrogens with one attached hydrogen (secondary N) is 1. The van der Waals surface area contributed by atoms with E-state index in [-0.39, 0.29) is 6.04 Å². The van der Waals surface area contributed by atoms with Crippen LogP contribution in [0.15, 0.2) is 54.9 Å². The first-order valence-corrected chi connectivity index (χ1v) is 9.07. The van der Waals surface area contributed by atoms with Gasteiger partial charge in [0.2, 0.25) is 5.95 Å². The highest BCUT2D eigenvalue weighted by molar-refractivity contribution is 5.77. The van der Waals surface area contributed by atoms with Gasteiger partial charge >= 0.3 is 0 Å². The van der Waals surface area contributed by atoms with Gasteiger partial charge in [-0.15, -0.1) is 0 Å². The van der Waals surface area contributed by atoms with Crippen molar-refractivity contribution in [1.29, 1.82) is 0 Å². The summed E-state index contributed by atoms with van der Waals surface area (Å²) in [4.78, 5) is 4.36. The maximum absolute atomic E-state index is 5.59. The molecule has 0 spiro atoms. The molecule has 3 aromatic rings. The van der Waals surface area contributed by atoms with E-state index < -0.39 is 0 Å². The number of methoxy groups -OCH3 is 2. The van der Waals surface area contributed by atoms with E-state index in [0.29, 0.717) is 12.6 Å². The minimum atomic E-state index is -0.189. The molecule has 0 fully saturated rings. The van der Waals surface area contributed by atoms with Crippen LogP contribution in [0.3, 0.4) is 0 Å². The van der Waals surface area contributed by atoms with Crippen LogP contribution in [-0.2, 0) is 0 Å². The predicted molar refractivity (Wildman–Crippen MR) is 107 cm³/mol. The summed E-state index contributed by atoms with van der Waals surface area (Å²) in [6, 6.07) is 13.5. The molecule has 7 heteroatoms. The molecule has 2 heterocycles. The molecule has 0 saturated heterocycles. The molecule has 0 unspecified atom stereocenters. The Morgan fingerprint density at radius 2 is 1.82 bits per heavy atom. The quantitative estimate of drug-likeness (QED) is 0.704. The Morgan fingerprint density at radius 3 is 2.54 bits per heavy atom. The number of nitrogens with zero attached hydrogens (tertiary/aromatic N) is 3. The van der Waals surface area contributed by atoms with Crippen molar-refractivity contribution < 1.29 is 14.2 Å². The molecule has 0 amide bonds. The maximum Gasteiger partial charge on any atom is 0.226 e. The van der Waals surface area contributed by atoms with Crippen molar-refractivity contribution in [3.05, 3.63) is 66.0 Å². The minimum absolute atomic E-state index is 0.189. The summed E-state index contributed by atoms with van der Waals surface area (Å²) in [5.74, 6) is 3.03. The van der Waals surface area contributed by atoms with Crippen molar-refractivity contribution in [2.75, 3.05) is 26.1 Å². The number of fused-ring (bicyclic) bond motifs is 1. The number of aromatic nitrogens is 3. The zero-order valence-electron chi connectivity index (χ0n) is 16.0. The second-order valence-corrected chi connectivity index (χ2v) is 6.24. The third kappa shape index (κ3) is 3.26. The van der Waals surface area contributed by atoms with Gasteiger partial charge in [0.1, 0.15) is 29.6 Å². The molecule has 1 aliphatic rings. The zero-order chi connectivity index (χ0) is 19.5. The fraction of sp³-hybridized carbons (Fsp3) is 0.238. The Balaban J connectivity index is 1.78. The molecule has 4 rings (SSSR count). The van der Waals surface area contributed by atoms with E-state index in [1.165, 1.54) is 6.33 Å². The average Bonchev–Trinajstić information content (AvgIpc) is 3.22. The average molecular weight is 378 g/mol. The lowest BCUT2D eigenvalue weighted by atomic mass is 10.0. The van der Waals surface area contributed by atoms with Crippen LogP contribution < -0.4 is 19.5 Å². The molecule has 0 bridgehead atoms. The Labute approximate surface area is 163 Å². The van der Waals surface area contributed by atoms with Gasteiger partial charge in [0, 0.05) is 11.3 Å². The molecule has 28 heavy (non-hydrogen) atoms. The van der Waals surface area contributed by atoms with Crippen LogP contribution in [0.2, 0.25) is 0 Å². The SMILES string of the molecule is CCOc1ccc(C2=C[C@H](c3cc(OC)ccc3OC)n3ncnc3N2)cc1. The van der Waals surface area contributed by atoms with Crippen LogP contribution in [-0.4, -0.2) is 35.6 Å². The van der Waals surface area contributed by atoms with Gasteiger partial charge < -0.3 is 19.5 Å². The van der Waals surface area contributed by atoms with E-state index in [9.17, 15) is 0 Å². The van der Waals surface area contributed by atoms with E-state index >= 15 is 0 Å². The number of benzene rings is 2. The number of allylic oxidation sites excluding steroid dienone is 1. The van der Waals surface area contributed by atoms with Gasteiger partial charge in [0.25, 0.3) is 0 Å². The molecule has 7 nitrogen and oxygen atoms in total. The fourth-order valence-corrected chi connectivity index (χ4v) is 3.29. The summed E-state index contributed by atoms with van der Waals surface area (Å²) in [7, 11) is 3.31. The Bertz CT molecular complexity index is 995. The molecule has 1 aliphatic heterocycles. The molecule has 0 aliphatic carbocycles. The third-order valence-corrected chi connectivity index (χ3v) is 4.64. The highest BCUT2D eigenvalue weighted by Crippen LogP contribution is 2.37. The van der Waals surface area contributed by atoms with Gasteiger partial charge in [0.05, 0.1) is 20.8 Å². The molecular formula is C21H22N4O3. The van der Waals surface area contributed by atoms with E-state index in [1.807, 2.05) is 54.1 Å². The second-order valence-electron chi connectivity index (χ2n) is 6.24. The number of hydrogen-bond donors (Lipinski definition) is 1. The van der Waals surface area contributed by atoms with Crippen LogP contribution in [0.4, 0.5) is 5.95 Å². The highest BCUT2D eigenvalue weighted by atomic mass is 16.5. The summed E-state index contributed by atoms with van der Waals surface area (Å²) >= 11 is 0. The fourth-order valence-electron chi connectivity index (χ4n) is 3.29. The summed E-state index contributed by atoms with van der Waals surface area (Å²) in [5, 5.41) is 7.74. The number of hydrogen-bond acceptors (Lipinski definition) is 6. The monoisotopic (exact) mass is 378 g/mol. The first-order chi connectivity index (χ1) is 13.7. The van der Waals surface area contributed by atoms with E-state index in [0.717, 1.165) is 34.1 Å². The van der Waals surface area contributed by atoms with Crippen molar-refractivity contribution in [1.82, 2.24) is 14.8 Å². The first kappa shape index (κ1) is 17.9. The predicted octanol–water partition coefficient (Wildman–Crippen LogP) is 3.75. The van der Waals surface area contributed by atoms with Gasteiger partial charge in [-0.05, 0) is 61.0 Å². The summed E-state index contributed by atoms with van der Waals surface area (Å²) in [6.07, 6.45) is 3.64. The standard InChI is InChI=1S/C21H22N4O3/c1-4-28-15-7-5-14(6-8-15)18-12-19(25-21(24-18)22-13-23-25)17-11-16(26-2)9-10-20(17)27-3/h5-13,19H,4H2,1-3H3,(H,22,23,24)/t19-/m1/s1. The molecule has 1 atom stereocenters. The van der Waals surface area contributed by atoms with Crippen molar-refractivity contribution in [3.63, 3.8) is 0 Å². The summed E-state index contributed by atoms with van der Waals surface area (Å²) in [6.45, 7) is 2.61. The van der Waals surface area contributed by atoms with Crippen molar-refractivity contribution in [2.45, 2.75) is 13.0 Å². The Morgan fingerprint density at radius 1 is 1.04 bits per heavy atom. The number of ether oxygens (including phenoxy) is 3. The second kappa shape index (κ2) is 7.64. The lowest BCUT2D eigenvalue weighted by molar-refractivity contribution is 0.340. The molecule has 2 aromatic carbocycles. The van der Waals surface area contributed by atoms with E-state index in [1.54, 1.807) is 14.2 Å². The van der Waals surface area contributed by atoms with Gasteiger partial charge in [-0.1, -0.05) is 0 Å². The number of rotatable bonds is 6. The van der Waals surface area contributed by atoms with Crippen molar-refractivity contribution >= 4 is 11.6 Å². The molecule has 0 radical (unpaired) electrons. The van der Waals surface area contributed by atoms with Crippen LogP contribution in [0.25, 0.3) is 5.70 Å². The van der Waals surface area contributed by atoms with Crippen LogP contribution >= 0.6 is 0 Å². The largest absolute Gasteiger partial charge is 0.497 e. The van der Waals surface area contributed by atoms with Gasteiger partial charge in [-0.25, -0.2) is 4.68 Å². The summed E-state index contributed by atoms with van der Waals surface area (Å²) < 4.78 is 18.4. The topological polar surface area (TPSA) is 70.4 Å². The zero-order valence-corrected chi connectivity index (χ0v) is 16.0. The van der Waals surface area contributed by atoms with Gasteiger partial charge in [0.15, 0.2) is 0 Å². The molecule has 1 aromatic heterocycles. The minimum Gasteiger partial charge on any atom is -0.497 e. The molecule has 1 N–H and O–H groups in total. The van der Waals surface area contributed by atoms with Crippen LogP contribution in [0, 0.1) is 0 Å². The van der Waals surface area contributed by atoms with E-state index in [2.05, 4.69) is 21.5 Å². The summed E-state index contributed by atoms with van der Waals surface area (Å²) in [5.41, 5.74) is 2.92. The van der Waals surface area contributed by atoms with Crippen LogP contribution in [0.1, 0.15) is 24.1 Å². The molecular weight excluding hydrogens is 356 g/mol. The van der Waals surface area contributed by atoms with Crippen LogP contribution in [0.5, 0.6) is 17.2 Å². The van der Waals surface area contributed by atoms with E-state index in [4.69, 9.17) is 14.2 Å². The highest BCUT2D eigenvalue weighted by Gasteiger charge is 2.26. The Kier molecular flexibility index (Phi) is 4.89. The first-order valence-electron chi connectivity index (χ1n) is 9.07. The van der Waals surface area contributed by atoms with Gasteiger partial charge in [-0.2, -0.15) is 10.1 Å². The lowest BCUT2D eigenvalue weighted by Crippen LogP contribution is -2.20. The van der Waals surface area contributed by atoms with Gasteiger partial charge in [-0.3, -0.25) is 0 Å². The van der Waals surface area contributed by atoms with Crippen molar-refractivity contribution in [2.24, 2.45) is 0 Å². The van der Waals surface area contributed by atoms with Crippen molar-refractivity contribution in [3.8, 4) is 17.2 Å². The molecule has 0 saturated carbocycles. The normalized spacial score (nSPS) is 15.2. The Hall–Kier alpha value is -3.48. The smallest absolute Gasteiger partial charge is 0.226 e. The maximum atomic E-state index is 5.59. The lowest BCUT2D eigenvalue weighted by Gasteiger charge is -2.26. The molecule has 144 valence electrons.